The summed E-state index contributed by atoms with van der Waals surface area (Å²) in [6.07, 6.45) is 1.27. The summed E-state index contributed by atoms with van der Waals surface area (Å²) in [5.41, 5.74) is 0. The van der Waals surface area contributed by atoms with E-state index in [2.05, 4.69) is 10.6 Å². The van der Waals surface area contributed by atoms with Crippen molar-refractivity contribution in [3.8, 4) is 0 Å². The molecule has 0 aliphatic rings. The molecule has 0 heterocycles. The average molecular weight is 222 g/mol. The van der Waals surface area contributed by atoms with Gasteiger partial charge in [0.25, 0.3) is 0 Å². The van der Waals surface area contributed by atoms with Crippen LogP contribution in [0.1, 0.15) is 20.8 Å². The first-order valence-corrected chi connectivity index (χ1v) is 6.96. The predicted octanol–water partition coefficient (Wildman–Crippen LogP) is 0.00710. The second-order valence-corrected chi connectivity index (χ2v) is 6.22. The number of hydrogen-bond acceptors (Lipinski definition) is 4. The van der Waals surface area contributed by atoms with Crippen LogP contribution >= 0.6 is 0 Å². The van der Waals surface area contributed by atoms with Crippen LogP contribution in [0.25, 0.3) is 0 Å². The Balaban J connectivity index is 3.72. The SMILES string of the molecule is CCNCC(C)NCC(C)S(C)(=O)=O. The molecule has 0 aliphatic heterocycles. The highest BCUT2D eigenvalue weighted by Crippen LogP contribution is 1.95. The molecule has 4 nitrogen and oxygen atoms in total. The van der Waals surface area contributed by atoms with Gasteiger partial charge in [-0.2, -0.15) is 0 Å². The summed E-state index contributed by atoms with van der Waals surface area (Å²) >= 11 is 0. The number of rotatable bonds is 7. The van der Waals surface area contributed by atoms with Gasteiger partial charge >= 0.3 is 0 Å². The molecular weight excluding hydrogens is 200 g/mol. The molecule has 0 bridgehead atoms. The van der Waals surface area contributed by atoms with E-state index in [1.165, 1.54) is 6.26 Å². The number of hydrogen-bond donors (Lipinski definition) is 2. The first-order chi connectivity index (χ1) is 6.38. The van der Waals surface area contributed by atoms with Crippen LogP contribution in [0.4, 0.5) is 0 Å². The molecule has 5 heteroatoms. The predicted molar refractivity (Wildman–Crippen MR) is 60.3 cm³/mol. The third-order valence-corrected chi connectivity index (χ3v) is 3.81. The highest BCUT2D eigenvalue weighted by molar-refractivity contribution is 7.91. The van der Waals surface area contributed by atoms with Crippen LogP contribution in [-0.2, 0) is 9.84 Å². The summed E-state index contributed by atoms with van der Waals surface area (Å²) in [5.74, 6) is 0. The van der Waals surface area contributed by atoms with E-state index in [1.54, 1.807) is 6.92 Å². The van der Waals surface area contributed by atoms with Crippen LogP contribution in [-0.4, -0.2) is 45.6 Å². The van der Waals surface area contributed by atoms with Crippen LogP contribution in [0.15, 0.2) is 0 Å². The highest BCUT2D eigenvalue weighted by Gasteiger charge is 2.14. The lowest BCUT2D eigenvalue weighted by Crippen LogP contribution is -2.41. The second-order valence-electron chi connectivity index (χ2n) is 3.76. The summed E-state index contributed by atoms with van der Waals surface area (Å²) in [7, 11) is -2.90. The Morgan fingerprint density at radius 3 is 2.21 bits per heavy atom. The maximum atomic E-state index is 11.1. The molecular formula is C9H22N2O2S. The van der Waals surface area contributed by atoms with Crippen molar-refractivity contribution in [3.05, 3.63) is 0 Å². The van der Waals surface area contributed by atoms with E-state index in [4.69, 9.17) is 0 Å². The number of likely N-dealkylation sites (N-methyl/N-ethyl adjacent to an activating group) is 1. The Bertz CT molecular complexity index is 239. The minimum atomic E-state index is -2.90. The van der Waals surface area contributed by atoms with Crippen molar-refractivity contribution in [1.29, 1.82) is 0 Å². The molecule has 0 aliphatic carbocycles. The Hall–Kier alpha value is -0.130. The summed E-state index contributed by atoms with van der Waals surface area (Å²) in [5, 5.41) is 6.07. The van der Waals surface area contributed by atoms with Gasteiger partial charge in [-0.25, -0.2) is 8.42 Å². The van der Waals surface area contributed by atoms with Gasteiger partial charge in [-0.3, -0.25) is 0 Å². The molecule has 0 spiro atoms. The first kappa shape index (κ1) is 13.9. The zero-order valence-corrected chi connectivity index (χ0v) is 10.3. The zero-order chi connectivity index (χ0) is 11.2. The Labute approximate surface area is 87.4 Å². The van der Waals surface area contributed by atoms with Crippen LogP contribution in [0.5, 0.6) is 0 Å². The van der Waals surface area contributed by atoms with E-state index in [0.29, 0.717) is 12.6 Å². The fraction of sp³-hybridized carbons (Fsp3) is 1.00. The maximum absolute atomic E-state index is 11.1. The molecule has 0 aromatic rings. The number of sulfone groups is 1. The molecule has 86 valence electrons. The summed E-state index contributed by atoms with van der Waals surface area (Å²) < 4.78 is 22.2. The maximum Gasteiger partial charge on any atom is 0.151 e. The molecule has 0 aromatic heterocycles. The van der Waals surface area contributed by atoms with Crippen molar-refractivity contribution < 1.29 is 8.42 Å². The smallest absolute Gasteiger partial charge is 0.151 e. The molecule has 0 saturated carbocycles. The molecule has 14 heavy (non-hydrogen) atoms. The van der Waals surface area contributed by atoms with Crippen molar-refractivity contribution in [1.82, 2.24) is 10.6 Å². The fourth-order valence-electron chi connectivity index (χ4n) is 0.952. The van der Waals surface area contributed by atoms with E-state index < -0.39 is 9.84 Å². The monoisotopic (exact) mass is 222 g/mol. The molecule has 0 radical (unpaired) electrons. The topological polar surface area (TPSA) is 58.2 Å². The van der Waals surface area contributed by atoms with Gasteiger partial charge in [-0.1, -0.05) is 6.92 Å². The van der Waals surface area contributed by atoms with Crippen molar-refractivity contribution in [2.45, 2.75) is 32.1 Å². The normalized spacial score (nSPS) is 16.6. The Kier molecular flexibility index (Phi) is 6.31. The van der Waals surface area contributed by atoms with Gasteiger partial charge in [0.15, 0.2) is 9.84 Å². The zero-order valence-electron chi connectivity index (χ0n) is 9.50. The number of nitrogens with one attached hydrogen (secondary N) is 2. The van der Waals surface area contributed by atoms with Crippen LogP contribution in [0.3, 0.4) is 0 Å². The van der Waals surface area contributed by atoms with Crippen molar-refractivity contribution >= 4 is 9.84 Å². The fourth-order valence-corrected chi connectivity index (χ4v) is 1.35. The second kappa shape index (κ2) is 6.37. The summed E-state index contributed by atoms with van der Waals surface area (Å²) in [6.45, 7) is 8.14. The Morgan fingerprint density at radius 2 is 1.79 bits per heavy atom. The van der Waals surface area contributed by atoms with Crippen LogP contribution in [0.2, 0.25) is 0 Å². The quantitative estimate of drug-likeness (QED) is 0.637. The van der Waals surface area contributed by atoms with E-state index in [-0.39, 0.29) is 5.25 Å². The van der Waals surface area contributed by atoms with Gasteiger partial charge in [0.05, 0.1) is 5.25 Å². The third kappa shape index (κ3) is 6.34. The molecule has 0 aromatic carbocycles. The lowest BCUT2D eigenvalue weighted by Gasteiger charge is -2.16. The highest BCUT2D eigenvalue weighted by atomic mass is 32.2. The molecule has 0 amide bonds. The van der Waals surface area contributed by atoms with Gasteiger partial charge in [0.2, 0.25) is 0 Å². The van der Waals surface area contributed by atoms with Crippen molar-refractivity contribution in [2.24, 2.45) is 0 Å². The van der Waals surface area contributed by atoms with E-state index in [0.717, 1.165) is 13.1 Å². The average Bonchev–Trinajstić information content (AvgIpc) is 2.09. The van der Waals surface area contributed by atoms with E-state index in [1.807, 2.05) is 13.8 Å². The molecule has 0 saturated heterocycles. The van der Waals surface area contributed by atoms with E-state index >= 15 is 0 Å². The summed E-state index contributed by atoms with van der Waals surface area (Å²) in [6, 6.07) is 0.305. The minimum Gasteiger partial charge on any atom is -0.315 e. The van der Waals surface area contributed by atoms with Gasteiger partial charge < -0.3 is 10.6 Å². The lowest BCUT2D eigenvalue weighted by atomic mass is 10.3. The van der Waals surface area contributed by atoms with Crippen molar-refractivity contribution in [2.75, 3.05) is 25.9 Å². The molecule has 0 fully saturated rings. The molecule has 0 rings (SSSR count). The Morgan fingerprint density at radius 1 is 1.21 bits per heavy atom. The third-order valence-electron chi connectivity index (χ3n) is 2.19. The molecule has 2 N–H and O–H groups in total. The van der Waals surface area contributed by atoms with Gasteiger partial charge in [-0.15, -0.1) is 0 Å². The van der Waals surface area contributed by atoms with Crippen molar-refractivity contribution in [3.63, 3.8) is 0 Å². The van der Waals surface area contributed by atoms with Gasteiger partial charge in [0, 0.05) is 25.4 Å². The van der Waals surface area contributed by atoms with Crippen LogP contribution < -0.4 is 10.6 Å². The molecule has 2 unspecified atom stereocenters. The first-order valence-electron chi connectivity index (χ1n) is 5.00. The largest absolute Gasteiger partial charge is 0.315 e. The summed E-state index contributed by atoms with van der Waals surface area (Å²) in [4.78, 5) is 0. The lowest BCUT2D eigenvalue weighted by molar-refractivity contribution is 0.503. The minimum absolute atomic E-state index is 0.305. The molecule has 2 atom stereocenters. The van der Waals surface area contributed by atoms with Gasteiger partial charge in [0.1, 0.15) is 0 Å². The van der Waals surface area contributed by atoms with Gasteiger partial charge in [-0.05, 0) is 20.4 Å². The standard InChI is InChI=1S/C9H22N2O2S/c1-5-10-6-8(2)11-7-9(3)14(4,12)13/h8-11H,5-7H2,1-4H3. The van der Waals surface area contributed by atoms with E-state index in [9.17, 15) is 8.42 Å². The van der Waals surface area contributed by atoms with Crippen LogP contribution in [0, 0.1) is 0 Å².